The van der Waals surface area contributed by atoms with Crippen molar-refractivity contribution in [3.63, 3.8) is 0 Å². The average Bonchev–Trinajstić information content (AvgIpc) is 2.90. The fourth-order valence-electron chi connectivity index (χ4n) is 3.10. The summed E-state index contributed by atoms with van der Waals surface area (Å²) in [4.78, 5) is 26.4. The normalized spacial score (nSPS) is 18.0. The average molecular weight is 335 g/mol. The molecule has 2 rings (SSSR count). The lowest BCUT2D eigenvalue weighted by molar-refractivity contribution is -0.127. The molecule has 0 bridgehead atoms. The minimum Gasteiger partial charge on any atom is -0.353 e. The van der Waals surface area contributed by atoms with E-state index in [1.165, 1.54) is 0 Å². The summed E-state index contributed by atoms with van der Waals surface area (Å²) in [7, 11) is 0. The zero-order valence-electron chi connectivity index (χ0n) is 15.1. The Hall–Kier alpha value is -2.05. The van der Waals surface area contributed by atoms with Gasteiger partial charge in [-0.05, 0) is 18.8 Å². The molecule has 1 saturated heterocycles. The Morgan fingerprint density at radius 1 is 1.46 bits per heavy atom. The molecule has 1 fully saturated rings. The summed E-state index contributed by atoms with van der Waals surface area (Å²) >= 11 is 0. The first kappa shape index (κ1) is 18.3. The molecular weight excluding hydrogens is 306 g/mol. The standard InChI is InChI=1S/C17H29N5O2/c1-5-7-15-16(23)18-8-9-21(15)17(24)20-13-10-19-22(11-12(3)4)14(13)6-2/h10,12,15H,5-9,11H2,1-4H3,(H,18,23)(H,20,24). The number of urea groups is 1. The molecule has 1 atom stereocenters. The van der Waals surface area contributed by atoms with E-state index in [9.17, 15) is 9.59 Å². The fourth-order valence-corrected chi connectivity index (χ4v) is 3.10. The van der Waals surface area contributed by atoms with Crippen LogP contribution in [0.25, 0.3) is 0 Å². The van der Waals surface area contributed by atoms with Gasteiger partial charge in [-0.3, -0.25) is 9.48 Å². The summed E-state index contributed by atoms with van der Waals surface area (Å²) in [6.45, 7) is 10.2. The monoisotopic (exact) mass is 335 g/mol. The van der Waals surface area contributed by atoms with Crippen LogP contribution in [-0.4, -0.2) is 45.8 Å². The van der Waals surface area contributed by atoms with Crippen molar-refractivity contribution in [2.75, 3.05) is 18.4 Å². The number of rotatable bonds is 6. The van der Waals surface area contributed by atoms with Crippen LogP contribution in [-0.2, 0) is 17.8 Å². The lowest BCUT2D eigenvalue weighted by Crippen LogP contribution is -2.58. The number of anilines is 1. The summed E-state index contributed by atoms with van der Waals surface area (Å²) < 4.78 is 1.95. The van der Waals surface area contributed by atoms with E-state index in [1.807, 2.05) is 11.6 Å². The minimum absolute atomic E-state index is 0.0653. The number of hydrogen-bond acceptors (Lipinski definition) is 3. The Labute approximate surface area is 143 Å². The molecule has 134 valence electrons. The molecule has 2 heterocycles. The number of nitrogens with zero attached hydrogens (tertiary/aromatic N) is 3. The zero-order valence-corrected chi connectivity index (χ0v) is 15.1. The van der Waals surface area contributed by atoms with E-state index in [1.54, 1.807) is 11.1 Å². The van der Waals surface area contributed by atoms with E-state index in [0.29, 0.717) is 25.4 Å². The minimum atomic E-state index is -0.389. The van der Waals surface area contributed by atoms with E-state index in [4.69, 9.17) is 0 Å². The van der Waals surface area contributed by atoms with Gasteiger partial charge in [0, 0.05) is 19.6 Å². The van der Waals surface area contributed by atoms with Gasteiger partial charge < -0.3 is 15.5 Å². The molecule has 1 aromatic heterocycles. The van der Waals surface area contributed by atoms with E-state index >= 15 is 0 Å². The predicted octanol–water partition coefficient (Wildman–Crippen LogP) is 2.23. The zero-order chi connectivity index (χ0) is 17.7. The first-order chi connectivity index (χ1) is 11.5. The van der Waals surface area contributed by atoms with Crippen molar-refractivity contribution in [2.24, 2.45) is 5.92 Å². The third-order valence-electron chi connectivity index (χ3n) is 4.22. The van der Waals surface area contributed by atoms with Gasteiger partial charge in [-0.15, -0.1) is 0 Å². The number of carbonyl (C=O) groups is 2. The smallest absolute Gasteiger partial charge is 0.322 e. The van der Waals surface area contributed by atoms with Crippen LogP contribution < -0.4 is 10.6 Å². The van der Waals surface area contributed by atoms with Crippen LogP contribution in [0.4, 0.5) is 10.5 Å². The van der Waals surface area contributed by atoms with Crippen molar-refractivity contribution in [3.05, 3.63) is 11.9 Å². The van der Waals surface area contributed by atoms with Crippen molar-refractivity contribution in [1.29, 1.82) is 0 Å². The van der Waals surface area contributed by atoms with E-state index in [-0.39, 0.29) is 18.0 Å². The first-order valence-corrected chi connectivity index (χ1v) is 8.87. The van der Waals surface area contributed by atoms with Gasteiger partial charge in [0.2, 0.25) is 5.91 Å². The van der Waals surface area contributed by atoms with Crippen LogP contribution in [0.5, 0.6) is 0 Å². The van der Waals surface area contributed by atoms with E-state index < -0.39 is 0 Å². The molecule has 24 heavy (non-hydrogen) atoms. The van der Waals surface area contributed by atoms with Crippen molar-refractivity contribution < 1.29 is 9.59 Å². The van der Waals surface area contributed by atoms with Crippen molar-refractivity contribution in [3.8, 4) is 0 Å². The third kappa shape index (κ3) is 4.07. The number of piperazine rings is 1. The fraction of sp³-hybridized carbons (Fsp3) is 0.706. The van der Waals surface area contributed by atoms with Gasteiger partial charge in [-0.1, -0.05) is 34.1 Å². The molecule has 0 saturated carbocycles. The molecule has 7 heteroatoms. The molecule has 1 unspecified atom stereocenters. The highest BCUT2D eigenvalue weighted by Crippen LogP contribution is 2.19. The highest BCUT2D eigenvalue weighted by molar-refractivity contribution is 5.94. The van der Waals surface area contributed by atoms with Gasteiger partial charge >= 0.3 is 6.03 Å². The molecule has 1 aromatic rings. The Morgan fingerprint density at radius 2 is 2.21 bits per heavy atom. The second-order valence-corrected chi connectivity index (χ2v) is 6.65. The molecule has 0 aliphatic carbocycles. The second-order valence-electron chi connectivity index (χ2n) is 6.65. The van der Waals surface area contributed by atoms with Crippen LogP contribution in [0.1, 0.15) is 46.2 Å². The molecule has 1 aliphatic rings. The van der Waals surface area contributed by atoms with Gasteiger partial charge in [0.05, 0.1) is 17.6 Å². The Kier molecular flexibility index (Phi) is 6.23. The van der Waals surface area contributed by atoms with Gasteiger partial charge in [0.1, 0.15) is 6.04 Å². The lowest BCUT2D eigenvalue weighted by atomic mass is 10.1. The summed E-state index contributed by atoms with van der Waals surface area (Å²) in [5.74, 6) is 0.419. The molecule has 1 aliphatic heterocycles. The van der Waals surface area contributed by atoms with Crippen LogP contribution in [0.2, 0.25) is 0 Å². The van der Waals surface area contributed by atoms with Crippen molar-refractivity contribution >= 4 is 17.6 Å². The van der Waals surface area contributed by atoms with Crippen molar-refractivity contribution in [1.82, 2.24) is 20.0 Å². The molecule has 7 nitrogen and oxygen atoms in total. The number of aromatic nitrogens is 2. The summed E-state index contributed by atoms with van der Waals surface area (Å²) in [5, 5.41) is 10.2. The van der Waals surface area contributed by atoms with Crippen LogP contribution >= 0.6 is 0 Å². The molecular formula is C17H29N5O2. The lowest BCUT2D eigenvalue weighted by Gasteiger charge is -2.34. The maximum Gasteiger partial charge on any atom is 0.322 e. The van der Waals surface area contributed by atoms with Gasteiger partial charge in [0.15, 0.2) is 0 Å². The maximum absolute atomic E-state index is 12.7. The molecule has 0 spiro atoms. The van der Waals surface area contributed by atoms with Crippen LogP contribution in [0.15, 0.2) is 6.20 Å². The maximum atomic E-state index is 12.7. The molecule has 2 N–H and O–H groups in total. The quantitative estimate of drug-likeness (QED) is 0.837. The highest BCUT2D eigenvalue weighted by atomic mass is 16.2. The predicted molar refractivity (Wildman–Crippen MR) is 93.9 cm³/mol. The van der Waals surface area contributed by atoms with E-state index in [0.717, 1.165) is 30.8 Å². The summed E-state index contributed by atoms with van der Waals surface area (Å²) in [5.41, 5.74) is 1.76. The molecule has 3 amide bonds. The third-order valence-corrected chi connectivity index (χ3v) is 4.22. The largest absolute Gasteiger partial charge is 0.353 e. The van der Waals surface area contributed by atoms with Crippen LogP contribution in [0.3, 0.4) is 0 Å². The molecule has 0 radical (unpaired) electrons. The van der Waals surface area contributed by atoms with Gasteiger partial charge in [-0.25, -0.2) is 4.79 Å². The Bertz CT molecular complexity index is 582. The van der Waals surface area contributed by atoms with Gasteiger partial charge in [0.25, 0.3) is 0 Å². The van der Waals surface area contributed by atoms with Crippen molar-refractivity contribution in [2.45, 2.75) is 59.5 Å². The number of carbonyl (C=O) groups excluding carboxylic acids is 2. The summed E-state index contributed by atoms with van der Waals surface area (Å²) in [6.07, 6.45) is 4.03. The molecule has 0 aromatic carbocycles. The van der Waals surface area contributed by atoms with E-state index in [2.05, 4.69) is 36.5 Å². The first-order valence-electron chi connectivity index (χ1n) is 8.87. The van der Waals surface area contributed by atoms with Crippen LogP contribution in [0, 0.1) is 5.92 Å². The highest BCUT2D eigenvalue weighted by Gasteiger charge is 2.32. The number of nitrogens with one attached hydrogen (secondary N) is 2. The Balaban J connectivity index is 2.13. The Morgan fingerprint density at radius 3 is 2.83 bits per heavy atom. The second kappa shape index (κ2) is 8.17. The summed E-state index contributed by atoms with van der Waals surface area (Å²) in [6, 6.07) is -0.610. The topological polar surface area (TPSA) is 79.3 Å². The number of hydrogen-bond donors (Lipinski definition) is 2. The SMILES string of the molecule is CCCC1C(=O)NCCN1C(=O)Nc1cnn(CC(C)C)c1CC. The number of amides is 3. The van der Waals surface area contributed by atoms with Gasteiger partial charge in [-0.2, -0.15) is 5.10 Å².